The van der Waals surface area contributed by atoms with Crippen LogP contribution in [-0.2, 0) is 4.79 Å². The number of primary amides is 1. The topological polar surface area (TPSA) is 109 Å². The molecule has 0 saturated carbocycles. The smallest absolute Gasteiger partial charge is 0.387 e. The Bertz CT molecular complexity index is 919. The highest BCUT2D eigenvalue weighted by atomic mass is 32.2. The summed E-state index contributed by atoms with van der Waals surface area (Å²) in [4.78, 5) is 11.8. The van der Waals surface area contributed by atoms with Gasteiger partial charge in [0.1, 0.15) is 11.0 Å². The van der Waals surface area contributed by atoms with E-state index in [1.165, 1.54) is 28.9 Å². The zero-order valence-electron chi connectivity index (χ0n) is 13.8. The highest BCUT2D eigenvalue weighted by Crippen LogP contribution is 2.34. The Balaban J connectivity index is 1.83. The number of nitrogen functional groups attached to an aromatic ring is 1. The lowest BCUT2D eigenvalue weighted by Gasteiger charge is -2.12. The molecule has 7 nitrogen and oxygen atoms in total. The third-order valence-corrected chi connectivity index (χ3v) is 4.82. The summed E-state index contributed by atoms with van der Waals surface area (Å²) >= 11 is 1.07. The number of aromatic nitrogens is 3. The minimum Gasteiger partial charge on any atom is -0.435 e. The van der Waals surface area contributed by atoms with E-state index < -0.39 is 17.8 Å². The lowest BCUT2D eigenvalue weighted by molar-refractivity contribution is -0.117. The van der Waals surface area contributed by atoms with E-state index >= 15 is 0 Å². The molecule has 0 bridgehead atoms. The zero-order chi connectivity index (χ0) is 19.4. The van der Waals surface area contributed by atoms with Gasteiger partial charge in [-0.05, 0) is 29.8 Å². The summed E-state index contributed by atoms with van der Waals surface area (Å²) in [6, 6.07) is 14.8. The number of thioether (sulfide) groups is 1. The third-order valence-electron chi connectivity index (χ3n) is 3.59. The molecule has 0 radical (unpaired) electrons. The van der Waals surface area contributed by atoms with Crippen LogP contribution in [0.1, 0.15) is 10.8 Å². The van der Waals surface area contributed by atoms with Crippen LogP contribution in [0.25, 0.3) is 11.4 Å². The van der Waals surface area contributed by atoms with E-state index in [-0.39, 0.29) is 10.9 Å². The summed E-state index contributed by atoms with van der Waals surface area (Å²) in [6.07, 6.45) is 0. The predicted molar refractivity (Wildman–Crippen MR) is 96.5 cm³/mol. The van der Waals surface area contributed by atoms with E-state index in [1.807, 2.05) is 6.07 Å². The number of carbonyl (C=O) groups is 1. The molecule has 0 spiro atoms. The number of benzene rings is 2. The molecule has 1 heterocycles. The summed E-state index contributed by atoms with van der Waals surface area (Å²) in [5.74, 6) is 5.83. The van der Waals surface area contributed by atoms with Crippen LogP contribution in [0.15, 0.2) is 59.8 Å². The molecule has 0 aliphatic heterocycles. The maximum absolute atomic E-state index is 12.2. The molecule has 140 valence electrons. The number of rotatable bonds is 7. The number of amides is 1. The van der Waals surface area contributed by atoms with Crippen molar-refractivity contribution in [1.29, 1.82) is 0 Å². The number of alkyl halides is 2. The number of hydrogen-bond acceptors (Lipinski definition) is 6. The van der Waals surface area contributed by atoms with Crippen LogP contribution in [0.5, 0.6) is 5.75 Å². The van der Waals surface area contributed by atoms with Gasteiger partial charge in [0.25, 0.3) is 0 Å². The standard InChI is InChI=1S/C17H15F2N5O2S/c18-16(19)26-12-8-6-11(7-9-12)15-22-23-17(24(15)21)27-13(14(20)25)10-4-2-1-3-5-10/h1-9,13,16H,21H2,(H2,20,25)/t13-/m1/s1. The monoisotopic (exact) mass is 391 g/mol. The van der Waals surface area contributed by atoms with Crippen LogP contribution in [0.2, 0.25) is 0 Å². The van der Waals surface area contributed by atoms with Gasteiger partial charge in [0.05, 0.1) is 0 Å². The molecule has 2 aromatic carbocycles. The van der Waals surface area contributed by atoms with Gasteiger partial charge in [0.2, 0.25) is 11.1 Å². The summed E-state index contributed by atoms with van der Waals surface area (Å²) in [6.45, 7) is -2.90. The molecule has 10 heteroatoms. The molecular weight excluding hydrogens is 376 g/mol. The van der Waals surface area contributed by atoms with Gasteiger partial charge in [-0.2, -0.15) is 8.78 Å². The second-order valence-electron chi connectivity index (χ2n) is 5.39. The Morgan fingerprint density at radius 2 is 1.74 bits per heavy atom. The molecule has 1 atom stereocenters. The highest BCUT2D eigenvalue weighted by molar-refractivity contribution is 8.00. The average molecular weight is 391 g/mol. The maximum Gasteiger partial charge on any atom is 0.387 e. The SMILES string of the molecule is NC(=O)[C@H](Sc1nnc(-c2ccc(OC(F)F)cc2)n1N)c1ccccc1. The second kappa shape index (κ2) is 8.04. The number of nitrogens with zero attached hydrogens (tertiary/aromatic N) is 3. The molecule has 3 aromatic rings. The molecule has 0 unspecified atom stereocenters. The Labute approximate surface area is 157 Å². The maximum atomic E-state index is 12.2. The molecule has 0 fully saturated rings. The number of hydrogen-bond donors (Lipinski definition) is 2. The molecule has 4 N–H and O–H groups in total. The summed E-state index contributed by atoms with van der Waals surface area (Å²) in [5.41, 5.74) is 6.77. The first-order valence-electron chi connectivity index (χ1n) is 7.72. The first-order valence-corrected chi connectivity index (χ1v) is 8.60. The first kappa shape index (κ1) is 18.6. The molecule has 1 amide bonds. The van der Waals surface area contributed by atoms with Gasteiger partial charge in [0, 0.05) is 5.56 Å². The van der Waals surface area contributed by atoms with Crippen LogP contribution < -0.4 is 16.3 Å². The van der Waals surface area contributed by atoms with E-state index in [0.29, 0.717) is 17.0 Å². The first-order chi connectivity index (χ1) is 13.0. The van der Waals surface area contributed by atoms with E-state index in [4.69, 9.17) is 11.6 Å². The average Bonchev–Trinajstić information content (AvgIpc) is 3.01. The van der Waals surface area contributed by atoms with Crippen molar-refractivity contribution in [3.8, 4) is 17.1 Å². The fourth-order valence-corrected chi connectivity index (χ4v) is 3.27. The van der Waals surface area contributed by atoms with Crippen LogP contribution in [0.3, 0.4) is 0 Å². The van der Waals surface area contributed by atoms with Crippen LogP contribution in [-0.4, -0.2) is 27.4 Å². The molecule has 0 saturated heterocycles. The normalized spacial score (nSPS) is 12.1. The van der Waals surface area contributed by atoms with Gasteiger partial charge in [-0.1, -0.05) is 42.1 Å². The molecule has 1 aromatic heterocycles. The third kappa shape index (κ3) is 4.34. The van der Waals surface area contributed by atoms with Crippen molar-refractivity contribution in [2.45, 2.75) is 17.0 Å². The minimum absolute atomic E-state index is 0.0179. The lowest BCUT2D eigenvalue weighted by Crippen LogP contribution is -2.20. The quantitative estimate of drug-likeness (QED) is 0.473. The van der Waals surface area contributed by atoms with Gasteiger partial charge in [-0.25, -0.2) is 4.68 Å². The van der Waals surface area contributed by atoms with E-state index in [1.54, 1.807) is 24.3 Å². The van der Waals surface area contributed by atoms with Crippen molar-refractivity contribution in [2.75, 3.05) is 5.84 Å². The summed E-state index contributed by atoms with van der Waals surface area (Å²) in [7, 11) is 0. The number of nitrogens with two attached hydrogens (primary N) is 2. The van der Waals surface area contributed by atoms with E-state index in [9.17, 15) is 13.6 Å². The Morgan fingerprint density at radius 3 is 2.33 bits per heavy atom. The van der Waals surface area contributed by atoms with Crippen molar-refractivity contribution < 1.29 is 18.3 Å². The predicted octanol–water partition coefficient (Wildman–Crippen LogP) is 2.58. The lowest BCUT2D eigenvalue weighted by atomic mass is 10.1. The number of carbonyl (C=O) groups excluding carboxylic acids is 1. The van der Waals surface area contributed by atoms with Gasteiger partial charge in [0.15, 0.2) is 5.82 Å². The van der Waals surface area contributed by atoms with Crippen molar-refractivity contribution >= 4 is 17.7 Å². The summed E-state index contributed by atoms with van der Waals surface area (Å²) < 4.78 is 30.0. The van der Waals surface area contributed by atoms with Gasteiger partial charge < -0.3 is 16.3 Å². The van der Waals surface area contributed by atoms with Crippen molar-refractivity contribution in [3.05, 3.63) is 60.2 Å². The Kier molecular flexibility index (Phi) is 5.55. The molecule has 27 heavy (non-hydrogen) atoms. The van der Waals surface area contributed by atoms with Gasteiger partial charge >= 0.3 is 6.61 Å². The zero-order valence-corrected chi connectivity index (χ0v) is 14.6. The molecular formula is C17H15F2N5O2S. The number of ether oxygens (including phenoxy) is 1. The number of halogens is 2. The van der Waals surface area contributed by atoms with Crippen molar-refractivity contribution in [1.82, 2.24) is 14.9 Å². The van der Waals surface area contributed by atoms with Crippen LogP contribution >= 0.6 is 11.8 Å². The van der Waals surface area contributed by atoms with Crippen molar-refractivity contribution in [3.63, 3.8) is 0 Å². The van der Waals surface area contributed by atoms with Crippen molar-refractivity contribution in [2.24, 2.45) is 5.73 Å². The second-order valence-corrected chi connectivity index (χ2v) is 6.46. The van der Waals surface area contributed by atoms with Gasteiger partial charge in [-0.15, -0.1) is 10.2 Å². The van der Waals surface area contributed by atoms with E-state index in [2.05, 4.69) is 14.9 Å². The minimum atomic E-state index is -2.90. The highest BCUT2D eigenvalue weighted by Gasteiger charge is 2.23. The van der Waals surface area contributed by atoms with Gasteiger partial charge in [-0.3, -0.25) is 4.79 Å². The fourth-order valence-electron chi connectivity index (χ4n) is 2.36. The largest absolute Gasteiger partial charge is 0.435 e. The van der Waals surface area contributed by atoms with Crippen LogP contribution in [0, 0.1) is 0 Å². The molecule has 0 aliphatic carbocycles. The summed E-state index contributed by atoms with van der Waals surface area (Å²) in [5, 5.41) is 7.61. The Morgan fingerprint density at radius 1 is 1.07 bits per heavy atom. The Hall–Kier alpha value is -3.14. The molecule has 0 aliphatic rings. The fraction of sp³-hybridized carbons (Fsp3) is 0.118. The van der Waals surface area contributed by atoms with E-state index in [0.717, 1.165) is 11.8 Å². The molecule has 3 rings (SSSR count). The van der Waals surface area contributed by atoms with Crippen LogP contribution in [0.4, 0.5) is 8.78 Å².